The monoisotopic (exact) mass is 460 g/mol. The molecular formula is C23H22F2N2O6. The Balaban J connectivity index is 1.36. The standard InChI is InChI=1S/C23H22F2N2O6/c24-23(25,21(30)27-9-10-32-12-19(27)20(28)29)13-26-22(31)33-11-18-16-7-3-1-5-14(16)15-6-2-4-8-17(15)18/h1-8,18-19H,9-13H2,(H,26,31)(H,28,29). The lowest BCUT2D eigenvalue weighted by atomic mass is 9.98. The third-order valence-corrected chi connectivity index (χ3v) is 5.79. The van der Waals surface area contributed by atoms with E-state index in [4.69, 9.17) is 14.6 Å². The number of ether oxygens (including phenoxy) is 2. The fraction of sp³-hybridized carbons (Fsp3) is 0.348. The number of alkyl halides is 2. The summed E-state index contributed by atoms with van der Waals surface area (Å²) in [7, 11) is 0. The van der Waals surface area contributed by atoms with Gasteiger partial charge in [0.25, 0.3) is 5.91 Å². The van der Waals surface area contributed by atoms with Gasteiger partial charge in [-0.3, -0.25) is 4.79 Å². The van der Waals surface area contributed by atoms with Gasteiger partial charge in [0.15, 0.2) is 6.04 Å². The van der Waals surface area contributed by atoms with Crippen molar-refractivity contribution in [1.82, 2.24) is 10.2 Å². The first-order valence-electron chi connectivity index (χ1n) is 10.4. The second-order valence-electron chi connectivity index (χ2n) is 7.81. The second-order valence-corrected chi connectivity index (χ2v) is 7.81. The molecule has 10 heteroatoms. The third-order valence-electron chi connectivity index (χ3n) is 5.79. The van der Waals surface area contributed by atoms with E-state index >= 15 is 0 Å². The summed E-state index contributed by atoms with van der Waals surface area (Å²) in [5.41, 5.74) is 3.99. The van der Waals surface area contributed by atoms with Crippen molar-refractivity contribution in [3.63, 3.8) is 0 Å². The zero-order valence-electron chi connectivity index (χ0n) is 17.5. The number of hydrogen-bond acceptors (Lipinski definition) is 5. The van der Waals surface area contributed by atoms with Crippen LogP contribution in [0.3, 0.4) is 0 Å². The van der Waals surface area contributed by atoms with Gasteiger partial charge in [-0.15, -0.1) is 0 Å². The lowest BCUT2D eigenvalue weighted by Gasteiger charge is -2.34. The minimum absolute atomic E-state index is 0.0502. The smallest absolute Gasteiger partial charge is 0.407 e. The molecule has 2 N–H and O–H groups in total. The second kappa shape index (κ2) is 9.14. The van der Waals surface area contributed by atoms with Crippen LogP contribution in [0, 0.1) is 0 Å². The van der Waals surface area contributed by atoms with E-state index in [1.165, 1.54) is 0 Å². The molecule has 2 amide bonds. The van der Waals surface area contributed by atoms with Gasteiger partial charge < -0.3 is 24.8 Å². The van der Waals surface area contributed by atoms with Crippen LogP contribution in [0.15, 0.2) is 48.5 Å². The number of rotatable bonds is 6. The van der Waals surface area contributed by atoms with Crippen molar-refractivity contribution in [3.05, 3.63) is 59.7 Å². The normalized spacial score (nSPS) is 17.8. The number of benzene rings is 2. The minimum Gasteiger partial charge on any atom is -0.480 e. The summed E-state index contributed by atoms with van der Waals surface area (Å²) >= 11 is 0. The highest BCUT2D eigenvalue weighted by molar-refractivity contribution is 5.89. The maximum Gasteiger partial charge on any atom is 0.407 e. The lowest BCUT2D eigenvalue weighted by Crippen LogP contribution is -2.59. The number of nitrogens with zero attached hydrogens (tertiary/aromatic N) is 1. The van der Waals surface area contributed by atoms with Crippen LogP contribution in [0.2, 0.25) is 0 Å². The highest BCUT2D eigenvalue weighted by Gasteiger charge is 2.47. The Hall–Kier alpha value is -3.53. The fourth-order valence-electron chi connectivity index (χ4n) is 4.17. The summed E-state index contributed by atoms with van der Waals surface area (Å²) in [6.45, 7) is -2.09. The Morgan fingerprint density at radius 3 is 2.30 bits per heavy atom. The quantitative estimate of drug-likeness (QED) is 0.686. The molecule has 1 fully saturated rings. The fourth-order valence-corrected chi connectivity index (χ4v) is 4.17. The average Bonchev–Trinajstić information content (AvgIpc) is 3.14. The molecule has 0 saturated carbocycles. The van der Waals surface area contributed by atoms with Crippen LogP contribution in [0.25, 0.3) is 11.1 Å². The molecular weight excluding hydrogens is 438 g/mol. The van der Waals surface area contributed by atoms with Crippen LogP contribution in [0.1, 0.15) is 17.0 Å². The van der Waals surface area contributed by atoms with Gasteiger partial charge in [-0.25, -0.2) is 9.59 Å². The van der Waals surface area contributed by atoms with Crippen molar-refractivity contribution in [1.29, 1.82) is 0 Å². The maximum atomic E-state index is 14.4. The highest BCUT2D eigenvalue weighted by Crippen LogP contribution is 2.44. The zero-order valence-corrected chi connectivity index (χ0v) is 17.5. The van der Waals surface area contributed by atoms with Crippen molar-refractivity contribution in [2.24, 2.45) is 0 Å². The van der Waals surface area contributed by atoms with Crippen molar-refractivity contribution in [2.75, 3.05) is 32.9 Å². The average molecular weight is 460 g/mol. The Labute approximate surface area is 188 Å². The number of aliphatic carboxylic acids is 1. The largest absolute Gasteiger partial charge is 0.480 e. The van der Waals surface area contributed by atoms with Crippen LogP contribution in [0.5, 0.6) is 0 Å². The number of carboxylic acids is 1. The lowest BCUT2D eigenvalue weighted by molar-refractivity contribution is -0.172. The van der Waals surface area contributed by atoms with Crippen LogP contribution < -0.4 is 5.32 Å². The first-order valence-corrected chi connectivity index (χ1v) is 10.4. The minimum atomic E-state index is -4.00. The maximum absolute atomic E-state index is 14.4. The summed E-state index contributed by atoms with van der Waals surface area (Å²) < 4.78 is 39.0. The number of alkyl carbamates (subject to hydrolysis) is 1. The molecule has 1 aliphatic carbocycles. The van der Waals surface area contributed by atoms with Gasteiger partial charge in [-0.2, -0.15) is 8.78 Å². The predicted molar refractivity (Wildman–Crippen MR) is 112 cm³/mol. The molecule has 8 nitrogen and oxygen atoms in total. The number of carbonyl (C=O) groups excluding carboxylic acids is 2. The molecule has 0 spiro atoms. The Kier molecular flexibility index (Phi) is 6.28. The molecule has 2 aromatic carbocycles. The van der Waals surface area contributed by atoms with E-state index in [1.807, 2.05) is 53.8 Å². The Bertz CT molecular complexity index is 1030. The molecule has 0 radical (unpaired) electrons. The molecule has 1 atom stereocenters. The number of amides is 2. The molecule has 2 aliphatic rings. The first kappa shape index (κ1) is 22.7. The van der Waals surface area contributed by atoms with Crippen molar-refractivity contribution < 1.29 is 37.7 Å². The van der Waals surface area contributed by atoms with Gasteiger partial charge in [0, 0.05) is 12.5 Å². The molecule has 2 aromatic rings. The Morgan fingerprint density at radius 2 is 1.70 bits per heavy atom. The van der Waals surface area contributed by atoms with Gasteiger partial charge in [-0.1, -0.05) is 48.5 Å². The van der Waals surface area contributed by atoms with Crippen LogP contribution in [0.4, 0.5) is 13.6 Å². The van der Waals surface area contributed by atoms with Gasteiger partial charge in [-0.05, 0) is 22.3 Å². The first-order chi connectivity index (χ1) is 15.8. The molecule has 1 heterocycles. The summed E-state index contributed by atoms with van der Waals surface area (Å²) in [6.07, 6.45) is -1.10. The van der Waals surface area contributed by atoms with Crippen molar-refractivity contribution in [3.8, 4) is 11.1 Å². The molecule has 33 heavy (non-hydrogen) atoms. The van der Waals surface area contributed by atoms with Crippen LogP contribution in [-0.4, -0.2) is 72.9 Å². The van der Waals surface area contributed by atoms with Crippen LogP contribution in [-0.2, 0) is 19.1 Å². The summed E-state index contributed by atoms with van der Waals surface area (Å²) in [5.74, 6) is -7.37. The SMILES string of the molecule is O=C(NCC(F)(F)C(=O)N1CCOCC1C(=O)O)OCC1c2ccccc2-c2ccccc21. The number of hydrogen-bond donors (Lipinski definition) is 2. The number of carbonyl (C=O) groups is 3. The van der Waals surface area contributed by atoms with E-state index in [2.05, 4.69) is 0 Å². The van der Waals surface area contributed by atoms with E-state index in [0.717, 1.165) is 22.3 Å². The summed E-state index contributed by atoms with van der Waals surface area (Å²) in [6, 6.07) is 13.9. The topological polar surface area (TPSA) is 105 Å². The number of halogens is 2. The van der Waals surface area contributed by atoms with Gasteiger partial charge in [0.1, 0.15) is 6.61 Å². The molecule has 1 unspecified atom stereocenters. The number of carboxylic acid groups (broad SMARTS) is 1. The van der Waals surface area contributed by atoms with E-state index in [-0.39, 0.29) is 32.3 Å². The predicted octanol–water partition coefficient (Wildman–Crippen LogP) is 2.47. The van der Waals surface area contributed by atoms with E-state index in [1.54, 1.807) is 0 Å². The third kappa shape index (κ3) is 4.51. The summed E-state index contributed by atoms with van der Waals surface area (Å²) in [5, 5.41) is 11.1. The molecule has 1 saturated heterocycles. The van der Waals surface area contributed by atoms with Gasteiger partial charge in [0.2, 0.25) is 0 Å². The van der Waals surface area contributed by atoms with Gasteiger partial charge >= 0.3 is 18.0 Å². The zero-order chi connectivity index (χ0) is 23.6. The van der Waals surface area contributed by atoms with E-state index in [9.17, 15) is 23.2 Å². The van der Waals surface area contributed by atoms with E-state index < -0.39 is 36.5 Å². The summed E-state index contributed by atoms with van der Waals surface area (Å²) in [4.78, 5) is 36.2. The molecule has 174 valence electrons. The van der Waals surface area contributed by atoms with Crippen LogP contribution >= 0.6 is 0 Å². The number of fused-ring (bicyclic) bond motifs is 3. The number of morpholine rings is 1. The van der Waals surface area contributed by atoms with Crippen molar-refractivity contribution >= 4 is 18.0 Å². The van der Waals surface area contributed by atoms with Crippen molar-refractivity contribution in [2.45, 2.75) is 17.9 Å². The molecule has 0 bridgehead atoms. The highest BCUT2D eigenvalue weighted by atomic mass is 19.3. The molecule has 1 aliphatic heterocycles. The molecule has 4 rings (SSSR count). The molecule has 0 aromatic heterocycles. The Morgan fingerprint density at radius 1 is 1.09 bits per heavy atom. The van der Waals surface area contributed by atoms with Gasteiger partial charge in [0.05, 0.1) is 19.8 Å². The van der Waals surface area contributed by atoms with E-state index in [0.29, 0.717) is 4.90 Å². The number of nitrogens with one attached hydrogen (secondary N) is 1.